The Morgan fingerprint density at radius 2 is 0.830 bits per heavy atom. The Hall–Kier alpha value is -7.17. The molecule has 0 aliphatic heterocycles. The summed E-state index contributed by atoms with van der Waals surface area (Å²) in [5.41, 5.74) is 13.4. The lowest BCUT2D eigenvalue weighted by Gasteiger charge is -2.26. The first-order chi connectivity index (χ1) is 26.3. The highest BCUT2D eigenvalue weighted by Gasteiger charge is 2.18. The van der Waals surface area contributed by atoms with Gasteiger partial charge in [-0.2, -0.15) is 0 Å². The number of aromatic nitrogens is 3. The average molecular weight is 679 g/mol. The van der Waals surface area contributed by atoms with E-state index in [4.69, 9.17) is 4.98 Å². The molecule has 0 amide bonds. The smallest absolute Gasteiger partial charge is 0.145 e. The Bertz CT molecular complexity index is 2850. The molecule has 0 saturated carbocycles. The summed E-state index contributed by atoms with van der Waals surface area (Å²) in [4.78, 5) is 7.40. The highest BCUT2D eigenvalue weighted by Crippen LogP contribution is 2.39. The van der Waals surface area contributed by atoms with Crippen LogP contribution in [0.15, 0.2) is 206 Å². The molecule has 0 N–H and O–H groups in total. The van der Waals surface area contributed by atoms with Crippen LogP contribution in [0.1, 0.15) is 0 Å². The van der Waals surface area contributed by atoms with Crippen LogP contribution in [0.2, 0.25) is 0 Å². The van der Waals surface area contributed by atoms with Gasteiger partial charge in [0.1, 0.15) is 5.82 Å². The van der Waals surface area contributed by atoms with E-state index in [0.717, 1.165) is 45.2 Å². The standard InChI is InChI=1S/C49H34N4/c1-4-14-38(15-5-1)51(42-31-26-36(27-32-42)49-50-45-21-11-13-23-48(45)53(49)40-18-8-3-9-19-40)41-29-24-35(25-30-41)37-28-33-47-44(34-37)43-20-10-12-22-46(43)52(47)39-16-6-2-7-17-39/h1-34H. The summed E-state index contributed by atoms with van der Waals surface area (Å²) in [6.07, 6.45) is 0. The number of fused-ring (bicyclic) bond motifs is 4. The van der Waals surface area contributed by atoms with Gasteiger partial charge in [0.2, 0.25) is 0 Å². The van der Waals surface area contributed by atoms with Gasteiger partial charge < -0.3 is 9.47 Å². The van der Waals surface area contributed by atoms with Crippen LogP contribution in [0.5, 0.6) is 0 Å². The third-order valence-electron chi connectivity index (χ3n) is 10.1. The van der Waals surface area contributed by atoms with Crippen LogP contribution in [-0.4, -0.2) is 14.1 Å². The molecule has 2 aromatic heterocycles. The third-order valence-corrected chi connectivity index (χ3v) is 10.1. The zero-order valence-corrected chi connectivity index (χ0v) is 28.9. The monoisotopic (exact) mass is 678 g/mol. The van der Waals surface area contributed by atoms with Crippen LogP contribution in [-0.2, 0) is 0 Å². The molecule has 0 fully saturated rings. The summed E-state index contributed by atoms with van der Waals surface area (Å²) in [6.45, 7) is 0. The van der Waals surface area contributed by atoms with Crippen LogP contribution in [0, 0.1) is 0 Å². The van der Waals surface area contributed by atoms with Crippen molar-refractivity contribution in [1.29, 1.82) is 0 Å². The van der Waals surface area contributed by atoms with Gasteiger partial charge in [-0.25, -0.2) is 4.98 Å². The molecular formula is C49H34N4. The average Bonchev–Trinajstić information content (AvgIpc) is 3.79. The number of imidazole rings is 1. The molecular weight excluding hydrogens is 645 g/mol. The molecule has 0 spiro atoms. The van der Waals surface area contributed by atoms with Crippen molar-refractivity contribution >= 4 is 49.9 Å². The number of rotatable bonds is 7. The van der Waals surface area contributed by atoms with Gasteiger partial charge in [-0.3, -0.25) is 4.57 Å². The maximum Gasteiger partial charge on any atom is 0.145 e. The molecule has 0 atom stereocenters. The van der Waals surface area contributed by atoms with E-state index in [-0.39, 0.29) is 0 Å². The van der Waals surface area contributed by atoms with Crippen molar-refractivity contribution in [2.24, 2.45) is 0 Å². The molecule has 0 saturated heterocycles. The molecule has 10 aromatic rings. The predicted octanol–water partition coefficient (Wildman–Crippen LogP) is 12.9. The van der Waals surface area contributed by atoms with E-state index in [1.54, 1.807) is 0 Å². The van der Waals surface area contributed by atoms with E-state index in [1.165, 1.54) is 38.6 Å². The van der Waals surface area contributed by atoms with E-state index in [1.807, 2.05) is 12.1 Å². The Labute approximate surface area is 308 Å². The zero-order chi connectivity index (χ0) is 35.1. The first-order valence-corrected chi connectivity index (χ1v) is 18.0. The lowest BCUT2D eigenvalue weighted by atomic mass is 10.0. The van der Waals surface area contributed by atoms with Crippen molar-refractivity contribution in [3.63, 3.8) is 0 Å². The minimum absolute atomic E-state index is 0.920. The Kier molecular flexibility index (Phi) is 7.43. The van der Waals surface area contributed by atoms with Gasteiger partial charge in [0, 0.05) is 44.8 Å². The molecule has 4 nitrogen and oxygen atoms in total. The van der Waals surface area contributed by atoms with Crippen molar-refractivity contribution in [2.75, 3.05) is 4.90 Å². The number of hydrogen-bond acceptors (Lipinski definition) is 2. The van der Waals surface area contributed by atoms with Crippen molar-refractivity contribution in [2.45, 2.75) is 0 Å². The van der Waals surface area contributed by atoms with Crippen molar-refractivity contribution in [3.8, 4) is 33.9 Å². The number of para-hydroxylation sites is 6. The fraction of sp³-hybridized carbons (Fsp3) is 0. The van der Waals surface area contributed by atoms with E-state index >= 15 is 0 Å². The quantitative estimate of drug-likeness (QED) is 0.168. The number of benzene rings is 8. The van der Waals surface area contributed by atoms with E-state index < -0.39 is 0 Å². The lowest BCUT2D eigenvalue weighted by Crippen LogP contribution is -2.09. The molecule has 0 radical (unpaired) electrons. The highest BCUT2D eigenvalue weighted by atomic mass is 15.1. The zero-order valence-electron chi connectivity index (χ0n) is 28.9. The second-order valence-electron chi connectivity index (χ2n) is 13.3. The van der Waals surface area contributed by atoms with Gasteiger partial charge in [0.15, 0.2) is 0 Å². The first-order valence-electron chi connectivity index (χ1n) is 18.0. The number of nitrogens with zero attached hydrogens (tertiary/aromatic N) is 4. The van der Waals surface area contributed by atoms with Crippen molar-refractivity contribution in [1.82, 2.24) is 14.1 Å². The molecule has 2 heterocycles. The Morgan fingerprint density at radius 1 is 0.340 bits per heavy atom. The molecule has 0 aliphatic rings. The fourth-order valence-corrected chi connectivity index (χ4v) is 7.65. The normalized spacial score (nSPS) is 11.4. The summed E-state index contributed by atoms with van der Waals surface area (Å²) >= 11 is 0. The number of anilines is 3. The summed E-state index contributed by atoms with van der Waals surface area (Å²) in [5.74, 6) is 0.920. The van der Waals surface area contributed by atoms with Gasteiger partial charge in [-0.15, -0.1) is 0 Å². The van der Waals surface area contributed by atoms with Gasteiger partial charge in [-0.05, 0) is 114 Å². The summed E-state index contributed by atoms with van der Waals surface area (Å²) < 4.78 is 4.60. The second kappa shape index (κ2) is 12.9. The summed E-state index contributed by atoms with van der Waals surface area (Å²) in [5, 5.41) is 2.50. The van der Waals surface area contributed by atoms with Crippen molar-refractivity contribution in [3.05, 3.63) is 206 Å². The van der Waals surface area contributed by atoms with Gasteiger partial charge >= 0.3 is 0 Å². The topological polar surface area (TPSA) is 26.0 Å². The van der Waals surface area contributed by atoms with E-state index in [2.05, 4.69) is 208 Å². The maximum absolute atomic E-state index is 5.09. The molecule has 250 valence electrons. The Balaban J connectivity index is 1.02. The minimum atomic E-state index is 0.920. The highest BCUT2D eigenvalue weighted by molar-refractivity contribution is 6.10. The second-order valence-corrected chi connectivity index (χ2v) is 13.3. The van der Waals surface area contributed by atoms with Crippen molar-refractivity contribution < 1.29 is 0 Å². The van der Waals surface area contributed by atoms with E-state index in [0.29, 0.717) is 0 Å². The van der Waals surface area contributed by atoms with Crippen LogP contribution in [0.3, 0.4) is 0 Å². The fourth-order valence-electron chi connectivity index (χ4n) is 7.65. The first kappa shape index (κ1) is 30.6. The van der Waals surface area contributed by atoms with Gasteiger partial charge in [-0.1, -0.05) is 103 Å². The van der Waals surface area contributed by atoms with Crippen LogP contribution in [0.25, 0.3) is 66.7 Å². The minimum Gasteiger partial charge on any atom is -0.311 e. The SMILES string of the molecule is c1ccc(N(c2ccc(-c3ccc4c(c3)c3ccccc3n4-c3ccccc3)cc2)c2ccc(-c3nc4ccccc4n3-c3ccccc3)cc2)cc1. The molecule has 8 aromatic carbocycles. The Morgan fingerprint density at radius 3 is 1.51 bits per heavy atom. The summed E-state index contributed by atoms with van der Waals surface area (Å²) in [7, 11) is 0. The largest absolute Gasteiger partial charge is 0.311 e. The molecule has 4 heteroatoms. The predicted molar refractivity (Wildman–Crippen MR) is 221 cm³/mol. The molecule has 0 aliphatic carbocycles. The molecule has 0 bridgehead atoms. The van der Waals surface area contributed by atoms with Crippen LogP contribution >= 0.6 is 0 Å². The van der Waals surface area contributed by atoms with Crippen LogP contribution in [0.4, 0.5) is 17.1 Å². The van der Waals surface area contributed by atoms with Gasteiger partial charge in [0.05, 0.1) is 22.1 Å². The molecule has 0 unspecified atom stereocenters. The maximum atomic E-state index is 5.09. The number of hydrogen-bond donors (Lipinski definition) is 0. The summed E-state index contributed by atoms with van der Waals surface area (Å²) in [6, 6.07) is 73.2. The van der Waals surface area contributed by atoms with Crippen LogP contribution < -0.4 is 4.90 Å². The van der Waals surface area contributed by atoms with E-state index in [9.17, 15) is 0 Å². The lowest BCUT2D eigenvalue weighted by molar-refractivity contribution is 1.10. The van der Waals surface area contributed by atoms with Gasteiger partial charge in [0.25, 0.3) is 0 Å². The third kappa shape index (κ3) is 5.36. The molecule has 53 heavy (non-hydrogen) atoms. The molecule has 10 rings (SSSR count).